The highest BCUT2D eigenvalue weighted by Gasteiger charge is 2.37. The van der Waals surface area contributed by atoms with Crippen LogP contribution in [0.2, 0.25) is 0 Å². The highest BCUT2D eigenvalue weighted by molar-refractivity contribution is 5.98. The van der Waals surface area contributed by atoms with Gasteiger partial charge in [0.1, 0.15) is 5.82 Å². The van der Waals surface area contributed by atoms with E-state index in [0.717, 1.165) is 11.5 Å². The molecule has 1 amide bonds. The van der Waals surface area contributed by atoms with E-state index in [4.69, 9.17) is 4.74 Å². The SMILES string of the molecule is COC(=O)C1CC(=O)N(c2cc(C(C)C)nn2C)C1. The van der Waals surface area contributed by atoms with E-state index in [2.05, 4.69) is 18.9 Å². The Hall–Kier alpha value is -1.85. The summed E-state index contributed by atoms with van der Waals surface area (Å²) in [6.45, 7) is 4.47. The normalized spacial score (nSPS) is 19.3. The summed E-state index contributed by atoms with van der Waals surface area (Å²) in [6.07, 6.45) is 0.203. The summed E-state index contributed by atoms with van der Waals surface area (Å²) in [5, 5.41) is 4.39. The van der Waals surface area contributed by atoms with Crippen molar-refractivity contribution in [2.24, 2.45) is 13.0 Å². The molecule has 1 aromatic heterocycles. The Morgan fingerprint density at radius 2 is 2.21 bits per heavy atom. The van der Waals surface area contributed by atoms with Crippen molar-refractivity contribution in [2.45, 2.75) is 26.2 Å². The zero-order chi connectivity index (χ0) is 14.2. The van der Waals surface area contributed by atoms with Crippen LogP contribution < -0.4 is 4.90 Å². The highest BCUT2D eigenvalue weighted by atomic mass is 16.5. The van der Waals surface area contributed by atoms with Gasteiger partial charge in [-0.2, -0.15) is 5.10 Å². The maximum Gasteiger partial charge on any atom is 0.311 e. The van der Waals surface area contributed by atoms with Gasteiger partial charge in [0.25, 0.3) is 0 Å². The molecular formula is C13H19N3O3. The van der Waals surface area contributed by atoms with E-state index >= 15 is 0 Å². The number of ether oxygens (including phenoxy) is 1. The Morgan fingerprint density at radius 3 is 2.74 bits per heavy atom. The zero-order valence-electron chi connectivity index (χ0n) is 11.7. The molecule has 0 aliphatic carbocycles. The monoisotopic (exact) mass is 265 g/mol. The van der Waals surface area contributed by atoms with Crippen LogP contribution in [-0.2, 0) is 21.4 Å². The third kappa shape index (κ3) is 2.47. The smallest absolute Gasteiger partial charge is 0.311 e. The molecule has 0 aromatic carbocycles. The maximum absolute atomic E-state index is 12.0. The summed E-state index contributed by atoms with van der Waals surface area (Å²) in [4.78, 5) is 25.1. The Bertz CT molecular complexity index is 507. The Kier molecular flexibility index (Phi) is 3.59. The van der Waals surface area contributed by atoms with Crippen LogP contribution >= 0.6 is 0 Å². The summed E-state index contributed by atoms with van der Waals surface area (Å²) in [5.41, 5.74) is 0.937. The number of methoxy groups -OCH3 is 1. The summed E-state index contributed by atoms with van der Waals surface area (Å²) >= 11 is 0. The first-order chi connectivity index (χ1) is 8.93. The molecule has 0 bridgehead atoms. The van der Waals surface area contributed by atoms with Crippen LogP contribution in [0.3, 0.4) is 0 Å². The molecular weight excluding hydrogens is 246 g/mol. The number of esters is 1. The quantitative estimate of drug-likeness (QED) is 0.767. The lowest BCUT2D eigenvalue weighted by Crippen LogP contribution is -2.28. The van der Waals surface area contributed by atoms with Gasteiger partial charge >= 0.3 is 5.97 Å². The molecule has 6 nitrogen and oxygen atoms in total. The van der Waals surface area contributed by atoms with Gasteiger partial charge in [-0.25, -0.2) is 0 Å². The Balaban J connectivity index is 2.23. The molecule has 1 atom stereocenters. The van der Waals surface area contributed by atoms with Crippen LogP contribution in [0.1, 0.15) is 31.9 Å². The van der Waals surface area contributed by atoms with Crippen molar-refractivity contribution in [1.82, 2.24) is 9.78 Å². The van der Waals surface area contributed by atoms with E-state index in [1.165, 1.54) is 7.11 Å². The van der Waals surface area contributed by atoms with Crippen LogP contribution in [0.25, 0.3) is 0 Å². The van der Waals surface area contributed by atoms with Gasteiger partial charge in [0.05, 0.1) is 18.7 Å². The Morgan fingerprint density at radius 1 is 1.53 bits per heavy atom. The molecule has 1 saturated heterocycles. The van der Waals surface area contributed by atoms with E-state index < -0.39 is 0 Å². The molecule has 104 valence electrons. The zero-order valence-corrected chi connectivity index (χ0v) is 11.7. The average molecular weight is 265 g/mol. The first-order valence-corrected chi connectivity index (χ1v) is 6.36. The fourth-order valence-electron chi connectivity index (χ4n) is 2.27. The van der Waals surface area contributed by atoms with Gasteiger partial charge in [-0.15, -0.1) is 0 Å². The molecule has 1 aromatic rings. The number of aryl methyl sites for hydroxylation is 1. The summed E-state index contributed by atoms with van der Waals surface area (Å²) in [7, 11) is 3.15. The van der Waals surface area contributed by atoms with Gasteiger partial charge in [0, 0.05) is 26.1 Å². The number of hydrogen-bond acceptors (Lipinski definition) is 4. The molecule has 1 unspecified atom stereocenters. The summed E-state index contributed by atoms with van der Waals surface area (Å²) in [5.74, 6) is 0.264. The van der Waals surface area contributed by atoms with Gasteiger partial charge in [-0.3, -0.25) is 19.2 Å². The minimum atomic E-state index is -0.380. The number of aromatic nitrogens is 2. The van der Waals surface area contributed by atoms with Crippen molar-refractivity contribution >= 4 is 17.7 Å². The van der Waals surface area contributed by atoms with E-state index in [1.807, 2.05) is 6.07 Å². The first-order valence-electron chi connectivity index (χ1n) is 6.36. The van der Waals surface area contributed by atoms with Crippen molar-refractivity contribution in [1.29, 1.82) is 0 Å². The van der Waals surface area contributed by atoms with Crippen molar-refractivity contribution in [3.63, 3.8) is 0 Å². The first kappa shape index (κ1) is 13.6. The molecule has 1 fully saturated rings. The molecule has 6 heteroatoms. The van der Waals surface area contributed by atoms with E-state index in [-0.39, 0.29) is 24.2 Å². The van der Waals surface area contributed by atoms with Crippen LogP contribution in [0.15, 0.2) is 6.07 Å². The average Bonchev–Trinajstić information content (AvgIpc) is 2.91. The molecule has 0 radical (unpaired) electrons. The van der Waals surface area contributed by atoms with Gasteiger partial charge in [-0.1, -0.05) is 13.8 Å². The number of carbonyl (C=O) groups is 2. The molecule has 2 heterocycles. The molecule has 1 aliphatic rings. The van der Waals surface area contributed by atoms with E-state index in [1.54, 1.807) is 16.6 Å². The molecule has 2 rings (SSSR count). The lowest BCUT2D eigenvalue weighted by atomic mass is 10.1. The molecule has 0 spiro atoms. The lowest BCUT2D eigenvalue weighted by Gasteiger charge is -2.15. The molecule has 0 saturated carbocycles. The largest absolute Gasteiger partial charge is 0.469 e. The van der Waals surface area contributed by atoms with Crippen molar-refractivity contribution in [3.05, 3.63) is 11.8 Å². The molecule has 1 aliphatic heterocycles. The highest BCUT2D eigenvalue weighted by Crippen LogP contribution is 2.27. The minimum absolute atomic E-state index is 0.0614. The number of rotatable bonds is 3. The van der Waals surface area contributed by atoms with E-state index in [0.29, 0.717) is 12.5 Å². The van der Waals surface area contributed by atoms with Gasteiger partial charge in [-0.05, 0) is 5.92 Å². The van der Waals surface area contributed by atoms with Crippen molar-refractivity contribution in [2.75, 3.05) is 18.6 Å². The van der Waals surface area contributed by atoms with Crippen molar-refractivity contribution < 1.29 is 14.3 Å². The third-order valence-corrected chi connectivity index (χ3v) is 3.40. The number of nitrogens with zero attached hydrogens (tertiary/aromatic N) is 3. The van der Waals surface area contributed by atoms with Crippen LogP contribution in [0, 0.1) is 5.92 Å². The fourth-order valence-corrected chi connectivity index (χ4v) is 2.27. The maximum atomic E-state index is 12.0. The van der Waals surface area contributed by atoms with Crippen LogP contribution in [0.4, 0.5) is 5.82 Å². The number of carbonyl (C=O) groups excluding carboxylic acids is 2. The van der Waals surface area contributed by atoms with E-state index in [9.17, 15) is 9.59 Å². The van der Waals surface area contributed by atoms with Crippen molar-refractivity contribution in [3.8, 4) is 0 Å². The predicted octanol–water partition coefficient (Wildman–Crippen LogP) is 1.07. The molecule has 0 N–H and O–H groups in total. The number of amides is 1. The van der Waals surface area contributed by atoms with Gasteiger partial charge < -0.3 is 4.74 Å². The van der Waals surface area contributed by atoms with Gasteiger partial charge in [0.15, 0.2) is 0 Å². The standard InChI is InChI=1S/C13H19N3O3/c1-8(2)10-6-11(15(3)14-10)16-7-9(5-12(16)17)13(18)19-4/h6,8-9H,5,7H2,1-4H3. The summed E-state index contributed by atoms with van der Waals surface area (Å²) in [6, 6.07) is 1.90. The second-order valence-corrected chi connectivity index (χ2v) is 5.13. The third-order valence-electron chi connectivity index (χ3n) is 3.40. The molecule has 19 heavy (non-hydrogen) atoms. The summed E-state index contributed by atoms with van der Waals surface area (Å²) < 4.78 is 6.39. The number of hydrogen-bond donors (Lipinski definition) is 0. The van der Waals surface area contributed by atoms with Crippen LogP contribution in [0.5, 0.6) is 0 Å². The lowest BCUT2D eigenvalue weighted by molar-refractivity contribution is -0.145. The second-order valence-electron chi connectivity index (χ2n) is 5.13. The Labute approximate surface area is 112 Å². The van der Waals surface area contributed by atoms with Crippen LogP contribution in [-0.4, -0.2) is 35.3 Å². The van der Waals surface area contributed by atoms with Gasteiger partial charge in [0.2, 0.25) is 5.91 Å². The second kappa shape index (κ2) is 5.03. The minimum Gasteiger partial charge on any atom is -0.469 e. The topological polar surface area (TPSA) is 64.4 Å². The number of anilines is 1. The fraction of sp³-hybridized carbons (Fsp3) is 0.615. The predicted molar refractivity (Wildman–Crippen MR) is 69.8 cm³/mol.